The number of rotatable bonds is 4. The maximum absolute atomic E-state index is 9.56. The Kier molecular flexibility index (Phi) is 5.94. The van der Waals surface area contributed by atoms with Crippen LogP contribution in [0, 0.1) is 29.6 Å². The van der Waals surface area contributed by atoms with Crippen LogP contribution in [0.25, 0.3) is 0 Å². The minimum absolute atomic E-state index is 0.745. The first-order chi connectivity index (χ1) is 4.13. The van der Waals surface area contributed by atoms with Gasteiger partial charge in [-0.1, -0.05) is 0 Å². The van der Waals surface area contributed by atoms with Gasteiger partial charge in [0.1, 0.15) is 0 Å². The van der Waals surface area contributed by atoms with Crippen LogP contribution in [-0.4, -0.2) is 6.79 Å². The Labute approximate surface area is 61.3 Å². The lowest BCUT2D eigenvalue weighted by atomic mass is 11.6. The molecule has 0 spiro atoms. The molecule has 0 aliphatic heterocycles. The van der Waals surface area contributed by atoms with Gasteiger partial charge in [-0.2, -0.15) is 0 Å². The van der Waals surface area contributed by atoms with Crippen molar-refractivity contribution in [2.24, 2.45) is 0 Å². The lowest BCUT2D eigenvalue weighted by Crippen LogP contribution is -2.38. The molecule has 0 amide bonds. The lowest BCUT2D eigenvalue weighted by Gasteiger charge is -1.88. The molecule has 0 rings (SSSR count). The lowest BCUT2D eigenvalue weighted by molar-refractivity contribution is -1.65. The Morgan fingerprint density at radius 1 is 0.889 bits per heavy atom. The van der Waals surface area contributed by atoms with Crippen molar-refractivity contribution in [3.05, 3.63) is 0 Å². The average molecular weight is 270 g/mol. The van der Waals surface area contributed by atoms with Gasteiger partial charge in [0.25, 0.3) is 0 Å². The minimum atomic E-state index is -3.34. The number of hydrogen-bond donors (Lipinski definition) is 0. The first-order valence-electron chi connectivity index (χ1n) is 1.50. The van der Waals surface area contributed by atoms with E-state index in [2.05, 4.69) is 7.66 Å². The standard InChI is InChI=1S/CH2Br2O6/c4-2(5)8-1-9-3(6)7/h1H2. The minimum Gasteiger partial charge on any atom is -0.372 e. The van der Waals surface area contributed by atoms with Crippen molar-refractivity contribution in [3.8, 4) is 0 Å². The summed E-state index contributed by atoms with van der Waals surface area (Å²) in [6.07, 6.45) is 0. The number of hydrogen-bond acceptors (Lipinski definition) is 6. The Bertz CT molecular complexity index is 56.1. The molecule has 0 fully saturated rings. The zero-order chi connectivity index (χ0) is 7.28. The molecule has 0 unspecified atom stereocenters. The van der Waals surface area contributed by atoms with Gasteiger partial charge in [0.2, 0.25) is 0 Å². The zero-order valence-electron chi connectivity index (χ0n) is 3.91. The van der Waals surface area contributed by atoms with Gasteiger partial charge in [0, 0.05) is 7.66 Å². The van der Waals surface area contributed by atoms with E-state index in [0.29, 0.717) is 0 Å². The summed E-state index contributed by atoms with van der Waals surface area (Å²) in [5.74, 6) is 0. The third kappa shape index (κ3) is 8.72. The molecule has 0 aliphatic carbocycles. The summed E-state index contributed by atoms with van der Waals surface area (Å²) >= 11 is -6.67. The van der Waals surface area contributed by atoms with E-state index in [9.17, 15) is 16.8 Å². The van der Waals surface area contributed by atoms with Gasteiger partial charge in [-0.25, -0.2) is 0 Å². The summed E-state index contributed by atoms with van der Waals surface area (Å²) in [6, 6.07) is 0. The van der Waals surface area contributed by atoms with Crippen molar-refractivity contribution in [1.82, 2.24) is 0 Å². The van der Waals surface area contributed by atoms with Gasteiger partial charge < -0.3 is 16.8 Å². The van der Waals surface area contributed by atoms with E-state index in [0.717, 1.165) is 0 Å². The summed E-state index contributed by atoms with van der Waals surface area (Å²) in [5, 5.41) is 0. The fourth-order valence-corrected chi connectivity index (χ4v) is 0.833. The first-order valence-corrected chi connectivity index (χ1v) is 5.39. The van der Waals surface area contributed by atoms with E-state index in [4.69, 9.17) is 0 Å². The number of halogens is 2. The van der Waals surface area contributed by atoms with E-state index < -0.39 is 36.4 Å². The quantitative estimate of drug-likeness (QED) is 0.473. The molecule has 8 heteroatoms. The Morgan fingerprint density at radius 3 is 1.44 bits per heavy atom. The van der Waals surface area contributed by atoms with Crippen LogP contribution in [0.2, 0.25) is 0 Å². The molecule has 0 atom stereocenters. The predicted octanol–water partition coefficient (Wildman–Crippen LogP) is -4.85. The Morgan fingerprint density at radius 2 is 1.22 bits per heavy atom. The normalized spacial score (nSPS) is 11.3. The summed E-state index contributed by atoms with van der Waals surface area (Å²) in [7, 11) is 0. The first kappa shape index (κ1) is 9.72. The monoisotopic (exact) mass is 268 g/mol. The molecule has 9 heavy (non-hydrogen) atoms. The summed E-state index contributed by atoms with van der Waals surface area (Å²) in [5.41, 5.74) is 0. The maximum atomic E-state index is 9.56. The van der Waals surface area contributed by atoms with Gasteiger partial charge >= 0.3 is 36.4 Å². The van der Waals surface area contributed by atoms with Crippen LogP contribution in [0.1, 0.15) is 0 Å². The highest BCUT2D eigenvalue weighted by Crippen LogP contribution is 1.81. The molecule has 0 heterocycles. The van der Waals surface area contributed by atoms with Crippen LogP contribution >= 0.6 is 0 Å². The molecule has 0 N–H and O–H groups in total. The van der Waals surface area contributed by atoms with Crippen molar-refractivity contribution in [3.63, 3.8) is 0 Å². The maximum Gasteiger partial charge on any atom is 0.440 e. The highest BCUT2D eigenvalue weighted by molar-refractivity contribution is 3.65. The molecule has 0 saturated heterocycles. The largest absolute Gasteiger partial charge is 0.440 e. The molecular formula is CH2Br2O6. The van der Waals surface area contributed by atoms with E-state index in [1.807, 2.05) is 0 Å². The molecule has 0 radical (unpaired) electrons. The molecule has 0 aromatic heterocycles. The highest BCUT2D eigenvalue weighted by Gasteiger charge is 2.18. The SMILES string of the molecule is [O-][Br+2]([O-])OCO[Br+2]([O-])[O-]. The third-order valence-electron chi connectivity index (χ3n) is 0.267. The molecule has 0 aromatic rings. The van der Waals surface area contributed by atoms with Gasteiger partial charge in [-0.3, -0.25) is 0 Å². The molecule has 0 aliphatic rings. The second-order valence-electron chi connectivity index (χ2n) is 0.714. The second kappa shape index (κ2) is 5.50. The summed E-state index contributed by atoms with van der Waals surface area (Å²) < 4.78 is 45.7. The topological polar surface area (TPSA) is 111 Å². The molecule has 6 nitrogen and oxygen atoms in total. The zero-order valence-corrected chi connectivity index (χ0v) is 7.08. The van der Waals surface area contributed by atoms with Crippen LogP contribution in [0.5, 0.6) is 0 Å². The third-order valence-corrected chi connectivity index (χ3v) is 1.39. The van der Waals surface area contributed by atoms with Crippen molar-refractivity contribution < 1.29 is 54.1 Å². The van der Waals surface area contributed by atoms with Gasteiger partial charge in [0.15, 0.2) is 0 Å². The molecule has 0 saturated carbocycles. The van der Waals surface area contributed by atoms with Gasteiger partial charge in [0.05, 0.1) is 0 Å². The van der Waals surface area contributed by atoms with Gasteiger partial charge in [-0.15, -0.1) is 0 Å². The van der Waals surface area contributed by atoms with Crippen molar-refractivity contribution in [2.45, 2.75) is 0 Å². The Hall–Kier alpha value is 0.720. The Balaban J connectivity index is 2.91. The van der Waals surface area contributed by atoms with Crippen molar-refractivity contribution in [2.75, 3.05) is 6.79 Å². The van der Waals surface area contributed by atoms with Gasteiger partial charge in [-0.05, 0) is 0 Å². The second-order valence-corrected chi connectivity index (χ2v) is 3.22. The van der Waals surface area contributed by atoms with Crippen LogP contribution in [0.4, 0.5) is 0 Å². The van der Waals surface area contributed by atoms with Crippen LogP contribution < -0.4 is 16.8 Å². The molecule has 0 bridgehead atoms. The average Bonchev–Trinajstić information content (AvgIpc) is 1.63. The van der Waals surface area contributed by atoms with E-state index >= 15 is 0 Å². The summed E-state index contributed by atoms with van der Waals surface area (Å²) in [4.78, 5) is 0. The van der Waals surface area contributed by atoms with E-state index in [1.165, 1.54) is 0 Å². The van der Waals surface area contributed by atoms with Crippen LogP contribution in [-0.2, 0) is 7.66 Å². The highest BCUT2D eigenvalue weighted by atomic mass is 80.0. The fourth-order valence-electron chi connectivity index (χ4n) is 0.0896. The van der Waals surface area contributed by atoms with Crippen molar-refractivity contribution in [1.29, 1.82) is 0 Å². The van der Waals surface area contributed by atoms with E-state index in [-0.39, 0.29) is 0 Å². The molecule has 0 aromatic carbocycles. The smallest absolute Gasteiger partial charge is 0.372 e. The summed E-state index contributed by atoms with van der Waals surface area (Å²) in [6.45, 7) is -0.745. The van der Waals surface area contributed by atoms with Crippen molar-refractivity contribution >= 4 is 0 Å². The van der Waals surface area contributed by atoms with Crippen LogP contribution in [0.3, 0.4) is 0 Å². The molecule has 56 valence electrons. The molecular weight excluding hydrogens is 268 g/mol. The fraction of sp³-hybridized carbons (Fsp3) is 1.00. The van der Waals surface area contributed by atoms with E-state index in [1.54, 1.807) is 0 Å². The predicted molar refractivity (Wildman–Crippen MR) is 7.04 cm³/mol. The van der Waals surface area contributed by atoms with Crippen LogP contribution in [0.15, 0.2) is 0 Å².